The SMILES string of the molecule is CC(C)N(C)C.c1ccc(CN2CCNCC2)cc1. The van der Waals surface area contributed by atoms with E-state index >= 15 is 0 Å². The van der Waals surface area contributed by atoms with E-state index < -0.39 is 0 Å². The highest BCUT2D eigenvalue weighted by Crippen LogP contribution is 2.04. The molecule has 0 saturated carbocycles. The van der Waals surface area contributed by atoms with Crippen LogP contribution in [0.4, 0.5) is 0 Å². The molecule has 0 amide bonds. The quantitative estimate of drug-likeness (QED) is 0.900. The van der Waals surface area contributed by atoms with Crippen LogP contribution in [0.2, 0.25) is 0 Å². The van der Waals surface area contributed by atoms with E-state index in [1.54, 1.807) is 0 Å². The van der Waals surface area contributed by atoms with Crippen molar-refractivity contribution in [3.05, 3.63) is 35.9 Å². The molecule has 0 unspecified atom stereocenters. The molecule has 1 fully saturated rings. The minimum Gasteiger partial charge on any atom is -0.314 e. The lowest BCUT2D eigenvalue weighted by molar-refractivity contribution is 0.233. The number of hydrogen-bond acceptors (Lipinski definition) is 3. The van der Waals surface area contributed by atoms with Crippen LogP contribution in [0.3, 0.4) is 0 Å². The Morgan fingerprint density at radius 2 is 1.63 bits per heavy atom. The van der Waals surface area contributed by atoms with Gasteiger partial charge in [-0.3, -0.25) is 4.90 Å². The van der Waals surface area contributed by atoms with Crippen LogP contribution in [0.1, 0.15) is 19.4 Å². The van der Waals surface area contributed by atoms with E-state index in [0.29, 0.717) is 6.04 Å². The van der Waals surface area contributed by atoms with E-state index in [1.165, 1.54) is 18.7 Å². The molecule has 1 N–H and O–H groups in total. The predicted octanol–water partition coefficient (Wildman–Crippen LogP) is 2.05. The van der Waals surface area contributed by atoms with Gasteiger partial charge in [-0.15, -0.1) is 0 Å². The molecule has 3 heteroatoms. The van der Waals surface area contributed by atoms with Crippen molar-refractivity contribution in [1.29, 1.82) is 0 Å². The molecule has 1 aromatic rings. The van der Waals surface area contributed by atoms with Gasteiger partial charge in [0, 0.05) is 38.8 Å². The maximum Gasteiger partial charge on any atom is 0.0234 e. The number of nitrogens with one attached hydrogen (secondary N) is 1. The Labute approximate surface area is 118 Å². The Morgan fingerprint density at radius 1 is 1.11 bits per heavy atom. The Morgan fingerprint density at radius 3 is 2.11 bits per heavy atom. The van der Waals surface area contributed by atoms with Gasteiger partial charge in [-0.25, -0.2) is 0 Å². The fourth-order valence-corrected chi connectivity index (χ4v) is 1.71. The van der Waals surface area contributed by atoms with Crippen LogP contribution in [-0.4, -0.2) is 56.1 Å². The summed E-state index contributed by atoms with van der Waals surface area (Å²) >= 11 is 0. The molecule has 0 atom stereocenters. The molecule has 1 aliphatic heterocycles. The van der Waals surface area contributed by atoms with Crippen molar-refractivity contribution < 1.29 is 0 Å². The average Bonchev–Trinajstić information content (AvgIpc) is 2.41. The van der Waals surface area contributed by atoms with Crippen molar-refractivity contribution in [3.63, 3.8) is 0 Å². The largest absolute Gasteiger partial charge is 0.314 e. The lowest BCUT2D eigenvalue weighted by atomic mass is 10.2. The van der Waals surface area contributed by atoms with Gasteiger partial charge in [-0.1, -0.05) is 30.3 Å². The molecule has 0 radical (unpaired) electrons. The molecule has 2 rings (SSSR count). The normalized spacial score (nSPS) is 16.3. The molecule has 0 aliphatic carbocycles. The fourth-order valence-electron chi connectivity index (χ4n) is 1.71. The van der Waals surface area contributed by atoms with Crippen molar-refractivity contribution in [2.45, 2.75) is 26.4 Å². The first-order chi connectivity index (χ1) is 9.09. The van der Waals surface area contributed by atoms with Gasteiger partial charge in [0.05, 0.1) is 0 Å². The third kappa shape index (κ3) is 7.31. The van der Waals surface area contributed by atoms with Gasteiger partial charge in [0.1, 0.15) is 0 Å². The second-order valence-electron chi connectivity index (χ2n) is 5.57. The Hall–Kier alpha value is -0.900. The summed E-state index contributed by atoms with van der Waals surface area (Å²) in [6.07, 6.45) is 0. The highest BCUT2D eigenvalue weighted by molar-refractivity contribution is 5.14. The topological polar surface area (TPSA) is 18.5 Å². The van der Waals surface area contributed by atoms with Gasteiger partial charge in [-0.2, -0.15) is 0 Å². The van der Waals surface area contributed by atoms with E-state index in [2.05, 4.69) is 73.4 Å². The minimum absolute atomic E-state index is 0.685. The first-order valence-corrected chi connectivity index (χ1v) is 7.23. The fraction of sp³-hybridized carbons (Fsp3) is 0.625. The summed E-state index contributed by atoms with van der Waals surface area (Å²) in [5.41, 5.74) is 1.42. The van der Waals surface area contributed by atoms with Crippen LogP contribution in [0.5, 0.6) is 0 Å². The number of nitrogens with zero attached hydrogens (tertiary/aromatic N) is 2. The van der Waals surface area contributed by atoms with Crippen molar-refractivity contribution in [2.75, 3.05) is 40.3 Å². The highest BCUT2D eigenvalue weighted by Gasteiger charge is 2.08. The smallest absolute Gasteiger partial charge is 0.0234 e. The Bertz CT molecular complexity index is 310. The van der Waals surface area contributed by atoms with Gasteiger partial charge in [0.15, 0.2) is 0 Å². The zero-order valence-corrected chi connectivity index (χ0v) is 12.9. The molecule has 1 heterocycles. The Balaban J connectivity index is 0.000000258. The number of rotatable bonds is 3. The second-order valence-corrected chi connectivity index (χ2v) is 5.57. The third-order valence-electron chi connectivity index (χ3n) is 3.49. The maximum absolute atomic E-state index is 3.36. The van der Waals surface area contributed by atoms with Crippen molar-refractivity contribution in [1.82, 2.24) is 15.1 Å². The molecular formula is C16H29N3. The average molecular weight is 263 g/mol. The monoisotopic (exact) mass is 263 g/mol. The van der Waals surface area contributed by atoms with E-state index in [0.717, 1.165) is 19.6 Å². The molecule has 19 heavy (non-hydrogen) atoms. The molecule has 1 aromatic carbocycles. The zero-order valence-electron chi connectivity index (χ0n) is 12.9. The third-order valence-corrected chi connectivity index (χ3v) is 3.49. The van der Waals surface area contributed by atoms with E-state index in [4.69, 9.17) is 0 Å². The molecular weight excluding hydrogens is 234 g/mol. The number of benzene rings is 1. The van der Waals surface area contributed by atoms with Crippen molar-refractivity contribution >= 4 is 0 Å². The highest BCUT2D eigenvalue weighted by atomic mass is 15.2. The van der Waals surface area contributed by atoms with Gasteiger partial charge >= 0.3 is 0 Å². The lowest BCUT2D eigenvalue weighted by Gasteiger charge is -2.27. The second kappa shape index (κ2) is 9.08. The van der Waals surface area contributed by atoms with Crippen LogP contribution in [0.15, 0.2) is 30.3 Å². The molecule has 0 spiro atoms. The molecule has 1 aliphatic rings. The van der Waals surface area contributed by atoms with Crippen molar-refractivity contribution in [2.24, 2.45) is 0 Å². The first kappa shape index (κ1) is 16.2. The summed E-state index contributed by atoms with van der Waals surface area (Å²) < 4.78 is 0. The van der Waals surface area contributed by atoms with Crippen LogP contribution in [-0.2, 0) is 6.54 Å². The van der Waals surface area contributed by atoms with Crippen LogP contribution in [0.25, 0.3) is 0 Å². The predicted molar refractivity (Wildman–Crippen MR) is 83.4 cm³/mol. The zero-order chi connectivity index (χ0) is 14.1. The molecule has 0 aromatic heterocycles. The standard InChI is InChI=1S/C11H16N2.C5H13N/c1-2-4-11(5-3-1)10-13-8-6-12-7-9-13;1-5(2)6(3)4/h1-5,12H,6-10H2;5H,1-4H3. The van der Waals surface area contributed by atoms with Crippen LogP contribution < -0.4 is 5.32 Å². The van der Waals surface area contributed by atoms with E-state index in [9.17, 15) is 0 Å². The summed E-state index contributed by atoms with van der Waals surface area (Å²) in [4.78, 5) is 4.66. The molecule has 3 nitrogen and oxygen atoms in total. The van der Waals surface area contributed by atoms with Gasteiger partial charge in [0.25, 0.3) is 0 Å². The summed E-state index contributed by atoms with van der Waals surface area (Å²) in [5.74, 6) is 0. The lowest BCUT2D eigenvalue weighted by Crippen LogP contribution is -2.42. The summed E-state index contributed by atoms with van der Waals surface area (Å²) in [7, 11) is 4.15. The Kier molecular flexibility index (Phi) is 7.72. The molecule has 108 valence electrons. The summed E-state index contributed by atoms with van der Waals surface area (Å²) in [5, 5.41) is 3.36. The summed E-state index contributed by atoms with van der Waals surface area (Å²) in [6.45, 7) is 10.0. The van der Waals surface area contributed by atoms with Crippen molar-refractivity contribution in [3.8, 4) is 0 Å². The number of hydrogen-bond donors (Lipinski definition) is 1. The molecule has 1 saturated heterocycles. The van der Waals surface area contributed by atoms with Crippen LogP contribution >= 0.6 is 0 Å². The van der Waals surface area contributed by atoms with Gasteiger partial charge in [-0.05, 0) is 33.5 Å². The van der Waals surface area contributed by atoms with E-state index in [1.807, 2.05) is 0 Å². The summed E-state index contributed by atoms with van der Waals surface area (Å²) in [6, 6.07) is 11.4. The minimum atomic E-state index is 0.685. The number of piperazine rings is 1. The maximum atomic E-state index is 3.36. The van der Waals surface area contributed by atoms with E-state index in [-0.39, 0.29) is 0 Å². The van der Waals surface area contributed by atoms with Gasteiger partial charge < -0.3 is 10.2 Å². The van der Waals surface area contributed by atoms with Gasteiger partial charge in [0.2, 0.25) is 0 Å². The first-order valence-electron chi connectivity index (χ1n) is 7.23. The van der Waals surface area contributed by atoms with Crippen LogP contribution in [0, 0.1) is 0 Å². The molecule has 0 bridgehead atoms.